The predicted octanol–water partition coefficient (Wildman–Crippen LogP) is 0.918. The zero-order chi connectivity index (χ0) is 24.5. The molecule has 2 atom stereocenters. The average Bonchev–Trinajstić information content (AvgIpc) is 3.11. The second-order valence-electron chi connectivity index (χ2n) is 8.59. The van der Waals surface area contributed by atoms with E-state index in [-0.39, 0.29) is 30.7 Å². The van der Waals surface area contributed by atoms with E-state index < -0.39 is 41.5 Å². The van der Waals surface area contributed by atoms with Gasteiger partial charge in [0.25, 0.3) is 0 Å². The van der Waals surface area contributed by atoms with Gasteiger partial charge in [-0.15, -0.1) is 10.2 Å². The van der Waals surface area contributed by atoms with Crippen molar-refractivity contribution in [1.82, 2.24) is 20.8 Å². The predicted molar refractivity (Wildman–Crippen MR) is 115 cm³/mol. The fraction of sp³-hybridized carbons (Fsp3) is 0.684. The molecule has 1 rings (SSSR count). The number of guanidine groups is 1. The molecule has 0 saturated carbocycles. The monoisotopic (exact) mass is 455 g/mol. The Balaban J connectivity index is 2.85. The first-order valence-electron chi connectivity index (χ1n) is 10.2. The van der Waals surface area contributed by atoms with Crippen molar-refractivity contribution in [3.05, 3.63) is 11.8 Å². The number of aliphatic imine (C=N–C) groups is 1. The molecule has 0 radical (unpaired) electrons. The third kappa shape index (κ3) is 10.1. The number of nitrogens with zero attached hydrogens (tertiary/aromatic N) is 3. The zero-order valence-electron chi connectivity index (χ0n) is 19.0. The molecule has 0 spiro atoms. The van der Waals surface area contributed by atoms with Crippen LogP contribution < -0.4 is 22.1 Å². The number of nitrogens with one attached hydrogen (secondary N) is 2. The van der Waals surface area contributed by atoms with E-state index in [0.29, 0.717) is 12.8 Å². The van der Waals surface area contributed by atoms with Gasteiger partial charge in [0.15, 0.2) is 5.96 Å². The van der Waals surface area contributed by atoms with Crippen LogP contribution in [0.4, 0.5) is 4.79 Å². The molecule has 1 aromatic rings. The summed E-state index contributed by atoms with van der Waals surface area (Å²) in [4.78, 5) is 39.8. The van der Waals surface area contributed by atoms with Crippen molar-refractivity contribution in [1.29, 1.82) is 0 Å². The van der Waals surface area contributed by atoms with Crippen LogP contribution in [0, 0.1) is 5.92 Å². The Kier molecular flexibility index (Phi) is 9.88. The molecule has 0 aliphatic rings. The van der Waals surface area contributed by atoms with Crippen LogP contribution >= 0.6 is 0 Å². The van der Waals surface area contributed by atoms with Gasteiger partial charge in [-0.2, -0.15) is 0 Å². The van der Waals surface area contributed by atoms with E-state index >= 15 is 0 Å². The van der Waals surface area contributed by atoms with Gasteiger partial charge in [0, 0.05) is 6.54 Å². The summed E-state index contributed by atoms with van der Waals surface area (Å²) in [5, 5.41) is 21.9. The number of carbonyl (C=O) groups is 3. The lowest BCUT2D eigenvalue weighted by molar-refractivity contribution is -0.139. The Morgan fingerprint density at radius 1 is 1.19 bits per heavy atom. The lowest BCUT2D eigenvalue weighted by Gasteiger charge is -2.23. The summed E-state index contributed by atoms with van der Waals surface area (Å²) in [5.74, 6) is -2.44. The molecule has 13 heteroatoms. The Morgan fingerprint density at radius 2 is 1.84 bits per heavy atom. The molecule has 2 amide bonds. The largest absolute Gasteiger partial charge is 0.480 e. The molecule has 1 aromatic heterocycles. The molecule has 1 heterocycles. The molecular formula is C19H33N7O6. The van der Waals surface area contributed by atoms with Crippen molar-refractivity contribution in [2.45, 2.75) is 71.6 Å². The third-order valence-corrected chi connectivity index (χ3v) is 3.88. The van der Waals surface area contributed by atoms with Crippen LogP contribution in [0.2, 0.25) is 0 Å². The number of carboxylic acid groups (broad SMARTS) is 1. The van der Waals surface area contributed by atoms with E-state index in [1.54, 1.807) is 20.8 Å². The van der Waals surface area contributed by atoms with Gasteiger partial charge in [0.05, 0.1) is 0 Å². The van der Waals surface area contributed by atoms with Crippen LogP contribution in [-0.2, 0) is 9.53 Å². The van der Waals surface area contributed by atoms with Crippen LogP contribution in [0.1, 0.15) is 76.5 Å². The quantitative estimate of drug-likeness (QED) is 0.181. The van der Waals surface area contributed by atoms with Crippen LogP contribution in [0.25, 0.3) is 0 Å². The Labute approximate surface area is 186 Å². The number of ether oxygens (including phenoxy) is 1. The number of alkyl carbamates (subject to hydrolysis) is 1. The van der Waals surface area contributed by atoms with E-state index in [2.05, 4.69) is 25.8 Å². The summed E-state index contributed by atoms with van der Waals surface area (Å²) >= 11 is 0. The summed E-state index contributed by atoms with van der Waals surface area (Å²) in [6.45, 7) is 9.29. The number of aromatic nitrogens is 2. The van der Waals surface area contributed by atoms with Crippen molar-refractivity contribution in [3.8, 4) is 0 Å². The topological polar surface area (TPSA) is 208 Å². The van der Waals surface area contributed by atoms with Gasteiger partial charge in [-0.25, -0.2) is 9.59 Å². The zero-order valence-corrected chi connectivity index (χ0v) is 19.0. The fourth-order valence-corrected chi connectivity index (χ4v) is 2.59. The molecule has 0 aliphatic carbocycles. The molecule has 7 N–H and O–H groups in total. The summed E-state index contributed by atoms with van der Waals surface area (Å²) in [7, 11) is 0. The molecule has 13 nitrogen and oxygen atoms in total. The molecular weight excluding hydrogens is 422 g/mol. The van der Waals surface area contributed by atoms with Crippen LogP contribution in [-0.4, -0.2) is 57.4 Å². The normalized spacial score (nSPS) is 13.2. The van der Waals surface area contributed by atoms with Gasteiger partial charge < -0.3 is 36.4 Å². The van der Waals surface area contributed by atoms with Crippen molar-refractivity contribution in [2.24, 2.45) is 22.4 Å². The minimum absolute atomic E-state index is 0.00865. The van der Waals surface area contributed by atoms with Crippen molar-refractivity contribution >= 4 is 23.9 Å². The summed E-state index contributed by atoms with van der Waals surface area (Å²) in [6.07, 6.45) is 0.208. The SMILES string of the molecule is CC(C)CC(NC(=O)OC(C)(C)C)c1nnc(C(=O)NC(CCCN=C(N)N)C(=O)O)o1. The van der Waals surface area contributed by atoms with Gasteiger partial charge in [0.1, 0.15) is 17.7 Å². The Bertz CT molecular complexity index is 811. The van der Waals surface area contributed by atoms with Gasteiger partial charge in [0.2, 0.25) is 5.89 Å². The number of hydrogen-bond donors (Lipinski definition) is 5. The minimum atomic E-state index is -1.23. The standard InChI is InChI=1S/C19H33N7O6/c1-10(2)9-12(24-18(30)32-19(3,4)5)14-25-26-15(31-14)13(27)23-11(16(28)29)7-6-8-22-17(20)21/h10-12H,6-9H2,1-5H3,(H,23,27)(H,24,30)(H,28,29)(H4,20,21,22). The molecule has 0 fully saturated rings. The van der Waals surface area contributed by atoms with Gasteiger partial charge in [-0.1, -0.05) is 13.8 Å². The molecule has 0 aromatic carbocycles. The molecule has 180 valence electrons. The third-order valence-electron chi connectivity index (χ3n) is 3.88. The molecule has 32 heavy (non-hydrogen) atoms. The van der Waals surface area contributed by atoms with E-state index in [1.165, 1.54) is 0 Å². The van der Waals surface area contributed by atoms with E-state index in [1.807, 2.05) is 13.8 Å². The molecule has 0 bridgehead atoms. The van der Waals surface area contributed by atoms with Crippen LogP contribution in [0.5, 0.6) is 0 Å². The van der Waals surface area contributed by atoms with E-state index in [9.17, 15) is 19.5 Å². The highest BCUT2D eigenvalue weighted by Gasteiger charge is 2.28. The summed E-state index contributed by atoms with van der Waals surface area (Å²) in [6, 6.07) is -1.88. The maximum atomic E-state index is 12.4. The van der Waals surface area contributed by atoms with Crippen molar-refractivity contribution in [3.63, 3.8) is 0 Å². The summed E-state index contributed by atoms with van der Waals surface area (Å²) in [5.41, 5.74) is 9.75. The second kappa shape index (κ2) is 11.9. The smallest absolute Gasteiger partial charge is 0.408 e. The van der Waals surface area contributed by atoms with Gasteiger partial charge in [-0.3, -0.25) is 9.79 Å². The first-order valence-corrected chi connectivity index (χ1v) is 10.2. The molecule has 2 unspecified atom stereocenters. The van der Waals surface area contributed by atoms with Crippen molar-refractivity contribution in [2.75, 3.05) is 6.54 Å². The highest BCUT2D eigenvalue weighted by Crippen LogP contribution is 2.21. The first-order chi connectivity index (χ1) is 14.8. The first kappa shape index (κ1) is 26.7. The number of carboxylic acids is 1. The van der Waals surface area contributed by atoms with Crippen molar-refractivity contribution < 1.29 is 28.6 Å². The number of rotatable bonds is 11. The maximum absolute atomic E-state index is 12.4. The number of amides is 2. The molecule has 0 saturated heterocycles. The number of carbonyl (C=O) groups excluding carboxylic acids is 2. The average molecular weight is 456 g/mol. The van der Waals surface area contributed by atoms with Gasteiger partial charge >= 0.3 is 23.9 Å². The van der Waals surface area contributed by atoms with E-state index in [4.69, 9.17) is 20.6 Å². The lowest BCUT2D eigenvalue weighted by atomic mass is 10.0. The number of nitrogens with two attached hydrogens (primary N) is 2. The second-order valence-corrected chi connectivity index (χ2v) is 8.59. The lowest BCUT2D eigenvalue weighted by Crippen LogP contribution is -2.41. The van der Waals surface area contributed by atoms with Gasteiger partial charge in [-0.05, 0) is 46.0 Å². The highest BCUT2D eigenvalue weighted by molar-refractivity contribution is 5.92. The highest BCUT2D eigenvalue weighted by atomic mass is 16.6. The summed E-state index contributed by atoms with van der Waals surface area (Å²) < 4.78 is 10.7. The number of aliphatic carboxylic acids is 1. The number of hydrogen-bond acceptors (Lipinski definition) is 8. The maximum Gasteiger partial charge on any atom is 0.408 e. The Morgan fingerprint density at radius 3 is 2.38 bits per heavy atom. The van der Waals surface area contributed by atoms with E-state index in [0.717, 1.165) is 0 Å². The fourth-order valence-electron chi connectivity index (χ4n) is 2.59. The Hall–Kier alpha value is -3.38. The van der Waals surface area contributed by atoms with Crippen LogP contribution in [0.3, 0.4) is 0 Å². The molecule has 0 aliphatic heterocycles. The van der Waals surface area contributed by atoms with Crippen LogP contribution in [0.15, 0.2) is 9.41 Å². The minimum Gasteiger partial charge on any atom is -0.480 e.